The topological polar surface area (TPSA) is 0 Å². The van der Waals surface area contributed by atoms with Crippen LogP contribution >= 0.6 is 15.9 Å². The van der Waals surface area contributed by atoms with Crippen LogP contribution in [0.25, 0.3) is 0 Å². The average Bonchev–Trinajstić information content (AvgIpc) is 2.02. The molecule has 1 aliphatic rings. The van der Waals surface area contributed by atoms with Crippen molar-refractivity contribution in [1.29, 1.82) is 0 Å². The van der Waals surface area contributed by atoms with Crippen molar-refractivity contribution in [3.63, 3.8) is 0 Å². The molecule has 1 saturated carbocycles. The van der Waals surface area contributed by atoms with Crippen molar-refractivity contribution in [2.75, 3.05) is 5.33 Å². The smallest absolute Gasteiger partial charge is 0.0212 e. The van der Waals surface area contributed by atoms with Gasteiger partial charge in [0.2, 0.25) is 0 Å². The lowest BCUT2D eigenvalue weighted by Gasteiger charge is -2.15. The molecule has 0 radical (unpaired) electrons. The lowest BCUT2D eigenvalue weighted by Crippen LogP contribution is -2.00. The Kier molecular flexibility index (Phi) is 5.76. The van der Waals surface area contributed by atoms with Crippen molar-refractivity contribution in [2.24, 2.45) is 5.92 Å². The minimum absolute atomic E-state index is 0.878. The molecule has 0 aliphatic heterocycles. The maximum Gasteiger partial charge on any atom is 0.0212 e. The second-order valence-electron chi connectivity index (χ2n) is 3.69. The summed E-state index contributed by atoms with van der Waals surface area (Å²) in [6.07, 6.45) is 14.8. The minimum atomic E-state index is 0.878. The summed E-state index contributed by atoms with van der Waals surface area (Å²) in [5.41, 5.74) is 0. The fourth-order valence-corrected chi connectivity index (χ4v) is 2.14. The molecule has 70 valence electrons. The largest absolute Gasteiger partial charge is 0.0883 e. The molecule has 0 aromatic heterocycles. The van der Waals surface area contributed by atoms with Crippen molar-refractivity contribution < 1.29 is 0 Å². The lowest BCUT2D eigenvalue weighted by molar-refractivity contribution is 0.435. The predicted molar refractivity (Wildman–Crippen MR) is 58.7 cm³/mol. The number of halogens is 1. The standard InChI is InChI=1S/C11H19Br/c12-10-6-9-11-7-4-2-1-3-5-8-11/h6,9,11H,1-5,7-8,10H2/b9-6+. The summed E-state index contributed by atoms with van der Waals surface area (Å²) in [5, 5.41) is 1.02. The summed E-state index contributed by atoms with van der Waals surface area (Å²) < 4.78 is 0. The summed E-state index contributed by atoms with van der Waals surface area (Å²) in [5.74, 6) is 0.878. The van der Waals surface area contributed by atoms with E-state index in [9.17, 15) is 0 Å². The zero-order valence-electron chi connectivity index (χ0n) is 7.77. The van der Waals surface area contributed by atoms with E-state index < -0.39 is 0 Å². The van der Waals surface area contributed by atoms with E-state index in [0.29, 0.717) is 0 Å². The van der Waals surface area contributed by atoms with Crippen LogP contribution in [-0.2, 0) is 0 Å². The second kappa shape index (κ2) is 6.71. The highest BCUT2D eigenvalue weighted by Gasteiger charge is 2.07. The quantitative estimate of drug-likeness (QED) is 0.491. The Morgan fingerprint density at radius 3 is 2.17 bits per heavy atom. The predicted octanol–water partition coefficient (Wildman–Crippen LogP) is 4.30. The fraction of sp³-hybridized carbons (Fsp3) is 0.818. The van der Waals surface area contributed by atoms with E-state index in [1.807, 2.05) is 0 Å². The Hall–Kier alpha value is 0.220. The second-order valence-corrected chi connectivity index (χ2v) is 4.34. The molecule has 0 heterocycles. The summed E-state index contributed by atoms with van der Waals surface area (Å²) >= 11 is 3.42. The molecular weight excluding hydrogens is 212 g/mol. The summed E-state index contributed by atoms with van der Waals surface area (Å²) in [7, 11) is 0. The van der Waals surface area contributed by atoms with Gasteiger partial charge in [-0.25, -0.2) is 0 Å². The van der Waals surface area contributed by atoms with Crippen LogP contribution in [0.5, 0.6) is 0 Å². The van der Waals surface area contributed by atoms with Gasteiger partial charge in [0.1, 0.15) is 0 Å². The van der Waals surface area contributed by atoms with Gasteiger partial charge >= 0.3 is 0 Å². The average molecular weight is 231 g/mol. The van der Waals surface area contributed by atoms with Gasteiger partial charge in [-0.05, 0) is 18.8 Å². The van der Waals surface area contributed by atoms with Gasteiger partial charge in [-0.1, -0.05) is 60.2 Å². The van der Waals surface area contributed by atoms with Crippen molar-refractivity contribution in [3.8, 4) is 0 Å². The molecular formula is C11H19Br. The molecule has 0 amide bonds. The van der Waals surface area contributed by atoms with Crippen molar-refractivity contribution in [2.45, 2.75) is 44.9 Å². The third kappa shape index (κ3) is 4.30. The molecule has 0 spiro atoms. The van der Waals surface area contributed by atoms with Crippen molar-refractivity contribution in [1.82, 2.24) is 0 Å². The van der Waals surface area contributed by atoms with Gasteiger partial charge < -0.3 is 0 Å². The molecule has 1 fully saturated rings. The number of hydrogen-bond donors (Lipinski definition) is 0. The van der Waals surface area contributed by atoms with E-state index >= 15 is 0 Å². The zero-order valence-corrected chi connectivity index (χ0v) is 9.35. The molecule has 0 saturated heterocycles. The van der Waals surface area contributed by atoms with E-state index in [1.54, 1.807) is 0 Å². The number of alkyl halides is 1. The molecule has 0 atom stereocenters. The van der Waals surface area contributed by atoms with Crippen LogP contribution in [0.4, 0.5) is 0 Å². The lowest BCUT2D eigenvalue weighted by atomic mass is 9.91. The van der Waals surface area contributed by atoms with Gasteiger partial charge in [-0.2, -0.15) is 0 Å². The van der Waals surface area contributed by atoms with Gasteiger partial charge in [0, 0.05) is 5.33 Å². The van der Waals surface area contributed by atoms with Crippen LogP contribution in [0.15, 0.2) is 12.2 Å². The first-order valence-electron chi connectivity index (χ1n) is 5.16. The molecule has 1 aliphatic carbocycles. The van der Waals surface area contributed by atoms with Gasteiger partial charge in [0.05, 0.1) is 0 Å². The maximum atomic E-state index is 3.42. The highest BCUT2D eigenvalue weighted by molar-refractivity contribution is 9.09. The normalized spacial score (nSPS) is 22.4. The maximum absolute atomic E-state index is 3.42. The monoisotopic (exact) mass is 230 g/mol. The summed E-state index contributed by atoms with van der Waals surface area (Å²) in [4.78, 5) is 0. The molecule has 0 aromatic rings. The van der Waals surface area contributed by atoms with Crippen LogP contribution in [0.2, 0.25) is 0 Å². The number of rotatable bonds is 2. The van der Waals surface area contributed by atoms with Gasteiger partial charge in [-0.15, -0.1) is 0 Å². The molecule has 1 heteroatoms. The number of hydrogen-bond acceptors (Lipinski definition) is 0. The van der Waals surface area contributed by atoms with E-state index in [1.165, 1.54) is 44.9 Å². The van der Waals surface area contributed by atoms with E-state index in [-0.39, 0.29) is 0 Å². The first kappa shape index (κ1) is 10.3. The molecule has 0 nitrogen and oxygen atoms in total. The van der Waals surface area contributed by atoms with Crippen molar-refractivity contribution in [3.05, 3.63) is 12.2 Å². The SMILES string of the molecule is BrC/C=C/C1CCCCCCC1. The fourth-order valence-electron chi connectivity index (χ4n) is 1.92. The van der Waals surface area contributed by atoms with E-state index in [2.05, 4.69) is 28.1 Å². The molecule has 0 unspecified atom stereocenters. The van der Waals surface area contributed by atoms with Gasteiger partial charge in [-0.3, -0.25) is 0 Å². The van der Waals surface area contributed by atoms with Crippen LogP contribution in [-0.4, -0.2) is 5.33 Å². The highest BCUT2D eigenvalue weighted by atomic mass is 79.9. The molecule has 12 heavy (non-hydrogen) atoms. The molecule has 0 bridgehead atoms. The molecule has 0 N–H and O–H groups in total. The first-order chi connectivity index (χ1) is 5.93. The number of allylic oxidation sites excluding steroid dienone is 2. The Balaban J connectivity index is 2.24. The summed E-state index contributed by atoms with van der Waals surface area (Å²) in [6, 6.07) is 0. The van der Waals surface area contributed by atoms with Gasteiger partial charge in [0.25, 0.3) is 0 Å². The van der Waals surface area contributed by atoms with Crippen LogP contribution < -0.4 is 0 Å². The Morgan fingerprint density at radius 1 is 1.00 bits per heavy atom. The Labute approximate surface area is 84.6 Å². The van der Waals surface area contributed by atoms with Crippen LogP contribution in [0.3, 0.4) is 0 Å². The van der Waals surface area contributed by atoms with E-state index in [4.69, 9.17) is 0 Å². The van der Waals surface area contributed by atoms with Gasteiger partial charge in [0.15, 0.2) is 0 Å². The zero-order chi connectivity index (χ0) is 8.65. The Morgan fingerprint density at radius 2 is 1.58 bits per heavy atom. The first-order valence-corrected chi connectivity index (χ1v) is 6.28. The molecule has 0 aromatic carbocycles. The molecule has 1 rings (SSSR count). The third-order valence-corrected chi connectivity index (χ3v) is 3.02. The highest BCUT2D eigenvalue weighted by Crippen LogP contribution is 2.23. The third-order valence-electron chi connectivity index (χ3n) is 2.65. The minimum Gasteiger partial charge on any atom is -0.0883 e. The van der Waals surface area contributed by atoms with Crippen LogP contribution in [0.1, 0.15) is 44.9 Å². The van der Waals surface area contributed by atoms with E-state index in [0.717, 1.165) is 11.2 Å². The Bertz CT molecular complexity index is 121. The van der Waals surface area contributed by atoms with Crippen LogP contribution in [0, 0.1) is 5.92 Å². The van der Waals surface area contributed by atoms with Crippen molar-refractivity contribution >= 4 is 15.9 Å². The summed E-state index contributed by atoms with van der Waals surface area (Å²) in [6.45, 7) is 0.